The van der Waals surface area contributed by atoms with E-state index in [9.17, 15) is 5.11 Å². The zero-order chi connectivity index (χ0) is 23.4. The van der Waals surface area contributed by atoms with Crippen LogP contribution in [-0.2, 0) is 0 Å². The van der Waals surface area contributed by atoms with Gasteiger partial charge in [0, 0.05) is 48.3 Å². The molecule has 4 rings (SSSR count). The number of nitrogens with zero attached hydrogens (tertiary/aromatic N) is 2. The summed E-state index contributed by atoms with van der Waals surface area (Å²) in [6, 6.07) is 18.1. The molecule has 3 aromatic carbocycles. The molecule has 1 saturated heterocycles. The fourth-order valence-corrected chi connectivity index (χ4v) is 5.29. The Labute approximate surface area is 206 Å². The molecule has 1 fully saturated rings. The number of benzene rings is 3. The van der Waals surface area contributed by atoms with E-state index in [4.69, 9.17) is 27.9 Å². The van der Waals surface area contributed by atoms with Crippen LogP contribution in [0.15, 0.2) is 54.6 Å². The molecule has 33 heavy (non-hydrogen) atoms. The molecule has 0 aromatic heterocycles. The first-order chi connectivity index (χ1) is 16.0. The van der Waals surface area contributed by atoms with Gasteiger partial charge in [-0.05, 0) is 47.7 Å². The maximum absolute atomic E-state index is 11.5. The predicted molar refractivity (Wildman–Crippen MR) is 139 cm³/mol. The van der Waals surface area contributed by atoms with Crippen molar-refractivity contribution in [1.82, 2.24) is 4.90 Å². The van der Waals surface area contributed by atoms with Crippen LogP contribution < -0.4 is 9.64 Å². The van der Waals surface area contributed by atoms with Crippen LogP contribution in [0.5, 0.6) is 5.75 Å². The Hall–Kier alpha value is -1.98. The van der Waals surface area contributed by atoms with Crippen molar-refractivity contribution in [2.24, 2.45) is 0 Å². The van der Waals surface area contributed by atoms with Crippen LogP contribution in [0.4, 0.5) is 5.69 Å². The van der Waals surface area contributed by atoms with Gasteiger partial charge in [-0.2, -0.15) is 0 Å². The number of methoxy groups -OCH3 is 1. The van der Waals surface area contributed by atoms with Gasteiger partial charge in [-0.15, -0.1) is 0 Å². The van der Waals surface area contributed by atoms with Gasteiger partial charge in [0.05, 0.1) is 18.2 Å². The number of hydrogen-bond acceptors (Lipinski definition) is 4. The fourth-order valence-electron chi connectivity index (χ4n) is 4.79. The van der Waals surface area contributed by atoms with Crippen molar-refractivity contribution < 1.29 is 9.84 Å². The van der Waals surface area contributed by atoms with E-state index in [2.05, 4.69) is 28.9 Å². The third-order valence-electron chi connectivity index (χ3n) is 6.68. The molecule has 1 heterocycles. The Balaban J connectivity index is 1.52. The van der Waals surface area contributed by atoms with Gasteiger partial charge in [0.25, 0.3) is 0 Å². The molecule has 1 aliphatic rings. The molecule has 4 nitrogen and oxygen atoms in total. The molecule has 0 spiro atoms. The van der Waals surface area contributed by atoms with E-state index in [1.807, 2.05) is 42.5 Å². The normalized spacial score (nSPS) is 16.7. The minimum absolute atomic E-state index is 0.0811. The fraction of sp³-hybridized carbons (Fsp3) is 0.407. The summed E-state index contributed by atoms with van der Waals surface area (Å²) in [6.07, 6.45) is 2.61. The highest BCUT2D eigenvalue weighted by molar-refractivity contribution is 6.37. The molecule has 176 valence electrons. The number of rotatable bonds is 8. The van der Waals surface area contributed by atoms with Crippen molar-refractivity contribution in [2.45, 2.75) is 38.3 Å². The van der Waals surface area contributed by atoms with Gasteiger partial charge in [0.15, 0.2) is 0 Å². The minimum atomic E-state index is -0.556. The maximum Gasteiger partial charge on any atom is 0.138 e. The Kier molecular flexibility index (Phi) is 8.02. The van der Waals surface area contributed by atoms with Crippen LogP contribution in [0.25, 0.3) is 10.8 Å². The molecular weight excluding hydrogens is 455 g/mol. The van der Waals surface area contributed by atoms with E-state index in [1.54, 1.807) is 7.11 Å². The van der Waals surface area contributed by atoms with Crippen molar-refractivity contribution in [3.05, 3.63) is 70.2 Å². The number of aliphatic hydroxyl groups is 1. The highest BCUT2D eigenvalue weighted by Gasteiger charge is 2.30. The molecule has 0 aliphatic carbocycles. The first kappa shape index (κ1) is 24.2. The first-order valence-corrected chi connectivity index (χ1v) is 12.5. The lowest BCUT2D eigenvalue weighted by Gasteiger charge is -2.42. The van der Waals surface area contributed by atoms with E-state index in [0.717, 1.165) is 72.5 Å². The summed E-state index contributed by atoms with van der Waals surface area (Å²) in [5.74, 6) is 0.663. The third-order valence-corrected chi connectivity index (χ3v) is 7.30. The van der Waals surface area contributed by atoms with Crippen molar-refractivity contribution in [2.75, 3.05) is 38.2 Å². The van der Waals surface area contributed by atoms with Gasteiger partial charge >= 0.3 is 0 Å². The Morgan fingerprint density at radius 3 is 2.48 bits per heavy atom. The largest absolute Gasteiger partial charge is 0.495 e. The van der Waals surface area contributed by atoms with Crippen LogP contribution in [0.3, 0.4) is 0 Å². The summed E-state index contributed by atoms with van der Waals surface area (Å²) in [7, 11) is 1.62. The van der Waals surface area contributed by atoms with E-state index in [0.29, 0.717) is 10.8 Å². The Morgan fingerprint density at radius 2 is 1.79 bits per heavy atom. The first-order valence-electron chi connectivity index (χ1n) is 11.7. The smallest absolute Gasteiger partial charge is 0.138 e. The predicted octanol–water partition coefficient (Wildman–Crippen LogP) is 6.57. The number of anilines is 1. The molecule has 0 unspecified atom stereocenters. The molecular formula is C27H32Cl2N2O2. The van der Waals surface area contributed by atoms with Crippen molar-refractivity contribution in [3.63, 3.8) is 0 Å². The molecule has 0 amide bonds. The molecule has 2 atom stereocenters. The standard InChI is InChI=1S/C27H32Cl2N2O2/c1-3-4-8-24(31-15-13-30(14-16-31)22-7-5-6-21(28)18-22)27(32)20-9-11-23-19(17-20)10-12-25(33-2)26(23)29/h5-7,9-12,17-18,24,27,32H,3-4,8,13-16H2,1-2H3/t24-,27+/m1/s1. The number of hydrogen-bond donors (Lipinski definition) is 1. The van der Waals surface area contributed by atoms with Gasteiger partial charge in [0.2, 0.25) is 0 Å². The summed E-state index contributed by atoms with van der Waals surface area (Å²) in [4.78, 5) is 4.82. The average Bonchev–Trinajstić information content (AvgIpc) is 2.84. The summed E-state index contributed by atoms with van der Waals surface area (Å²) >= 11 is 12.7. The van der Waals surface area contributed by atoms with Crippen molar-refractivity contribution in [1.29, 1.82) is 0 Å². The van der Waals surface area contributed by atoms with Gasteiger partial charge in [-0.1, -0.05) is 67.2 Å². The SMILES string of the molecule is CCCC[C@H]([C@@H](O)c1ccc2c(Cl)c(OC)ccc2c1)N1CCN(c2cccc(Cl)c2)CC1. The summed E-state index contributed by atoms with van der Waals surface area (Å²) in [5, 5.41) is 14.8. The second kappa shape index (κ2) is 11.0. The third kappa shape index (κ3) is 5.41. The van der Waals surface area contributed by atoms with E-state index in [1.165, 1.54) is 0 Å². The molecule has 1 N–H and O–H groups in total. The second-order valence-corrected chi connectivity index (χ2v) is 9.53. The van der Waals surface area contributed by atoms with Crippen LogP contribution >= 0.6 is 23.2 Å². The number of fused-ring (bicyclic) bond motifs is 1. The molecule has 0 radical (unpaired) electrons. The Morgan fingerprint density at radius 1 is 1.00 bits per heavy atom. The number of ether oxygens (including phenoxy) is 1. The van der Waals surface area contributed by atoms with Gasteiger partial charge in [0.1, 0.15) is 5.75 Å². The van der Waals surface area contributed by atoms with Gasteiger partial charge in [-0.25, -0.2) is 0 Å². The topological polar surface area (TPSA) is 35.9 Å². The monoisotopic (exact) mass is 486 g/mol. The van der Waals surface area contributed by atoms with E-state index < -0.39 is 6.10 Å². The summed E-state index contributed by atoms with van der Waals surface area (Å²) in [6.45, 7) is 5.86. The van der Waals surface area contributed by atoms with Crippen LogP contribution in [-0.4, -0.2) is 49.3 Å². The van der Waals surface area contributed by atoms with E-state index >= 15 is 0 Å². The molecule has 0 bridgehead atoms. The highest BCUT2D eigenvalue weighted by atomic mass is 35.5. The highest BCUT2D eigenvalue weighted by Crippen LogP contribution is 2.35. The molecule has 0 saturated carbocycles. The van der Waals surface area contributed by atoms with Crippen LogP contribution in [0, 0.1) is 0 Å². The zero-order valence-corrected chi connectivity index (χ0v) is 20.8. The number of halogens is 2. The van der Waals surface area contributed by atoms with Crippen LogP contribution in [0.2, 0.25) is 10.0 Å². The Bertz CT molecular complexity index is 1080. The second-order valence-electron chi connectivity index (χ2n) is 8.72. The maximum atomic E-state index is 11.5. The van der Waals surface area contributed by atoms with Gasteiger partial charge in [-0.3, -0.25) is 4.90 Å². The zero-order valence-electron chi connectivity index (χ0n) is 19.3. The summed E-state index contributed by atoms with van der Waals surface area (Å²) in [5.41, 5.74) is 2.09. The quantitative estimate of drug-likeness (QED) is 0.390. The lowest BCUT2D eigenvalue weighted by Crippen LogP contribution is -2.52. The van der Waals surface area contributed by atoms with Crippen LogP contribution in [0.1, 0.15) is 37.9 Å². The van der Waals surface area contributed by atoms with Crippen molar-refractivity contribution in [3.8, 4) is 5.75 Å². The lowest BCUT2D eigenvalue weighted by molar-refractivity contribution is 0.0386. The molecule has 1 aliphatic heterocycles. The molecule has 3 aromatic rings. The average molecular weight is 487 g/mol. The van der Waals surface area contributed by atoms with Crippen molar-refractivity contribution >= 4 is 39.7 Å². The number of unbranched alkanes of at least 4 members (excludes halogenated alkanes) is 1. The van der Waals surface area contributed by atoms with E-state index in [-0.39, 0.29) is 6.04 Å². The summed E-state index contributed by atoms with van der Waals surface area (Å²) < 4.78 is 5.34. The lowest BCUT2D eigenvalue weighted by atomic mass is 9.94. The van der Waals surface area contributed by atoms with Gasteiger partial charge < -0.3 is 14.7 Å². The molecule has 6 heteroatoms. The number of piperazine rings is 1. The minimum Gasteiger partial charge on any atom is -0.495 e. The number of aliphatic hydroxyl groups excluding tert-OH is 1.